The van der Waals surface area contributed by atoms with E-state index in [-0.39, 0.29) is 17.7 Å². The summed E-state index contributed by atoms with van der Waals surface area (Å²) in [7, 11) is 1.56. The van der Waals surface area contributed by atoms with Gasteiger partial charge in [0.25, 0.3) is 5.91 Å². The second-order valence-electron chi connectivity index (χ2n) is 5.60. The van der Waals surface area contributed by atoms with Crippen molar-refractivity contribution in [3.05, 3.63) is 34.6 Å². The molecule has 1 fully saturated rings. The highest BCUT2D eigenvalue weighted by Crippen LogP contribution is 2.27. The maximum atomic E-state index is 12.3. The molecule has 8 heteroatoms. The Labute approximate surface area is 144 Å². The number of amides is 1. The summed E-state index contributed by atoms with van der Waals surface area (Å²) in [6.45, 7) is 3.01. The standard InChI is InChI=1S/C16H19ClN4O3/c1-10-15(16(22)18-9-12-4-3-7-24-12)19-20-21(10)13-8-11(17)5-6-14(13)23-2/h5-6,8,12H,3-4,7,9H2,1-2H3,(H,18,22). The summed E-state index contributed by atoms with van der Waals surface area (Å²) in [6, 6.07) is 5.19. The van der Waals surface area contributed by atoms with E-state index >= 15 is 0 Å². The van der Waals surface area contributed by atoms with Crippen LogP contribution in [0.25, 0.3) is 5.69 Å². The van der Waals surface area contributed by atoms with Crippen LogP contribution in [-0.4, -0.2) is 47.3 Å². The second-order valence-corrected chi connectivity index (χ2v) is 6.03. The number of methoxy groups -OCH3 is 1. The van der Waals surface area contributed by atoms with Crippen LogP contribution in [0.3, 0.4) is 0 Å². The van der Waals surface area contributed by atoms with Crippen LogP contribution in [0.15, 0.2) is 18.2 Å². The van der Waals surface area contributed by atoms with Crippen molar-refractivity contribution in [2.24, 2.45) is 0 Å². The largest absolute Gasteiger partial charge is 0.494 e. The summed E-state index contributed by atoms with van der Waals surface area (Å²) in [6.07, 6.45) is 2.08. The Hall–Kier alpha value is -2.12. The normalized spacial score (nSPS) is 17.0. The number of nitrogens with zero attached hydrogens (tertiary/aromatic N) is 3. The number of carbonyl (C=O) groups excluding carboxylic acids is 1. The van der Waals surface area contributed by atoms with E-state index in [0.29, 0.717) is 28.7 Å². The van der Waals surface area contributed by atoms with Crippen molar-refractivity contribution in [1.82, 2.24) is 20.3 Å². The molecule has 2 heterocycles. The molecule has 1 atom stereocenters. The molecular formula is C16H19ClN4O3. The van der Waals surface area contributed by atoms with Crippen LogP contribution >= 0.6 is 11.6 Å². The Morgan fingerprint density at radius 1 is 1.54 bits per heavy atom. The van der Waals surface area contributed by atoms with E-state index in [2.05, 4.69) is 15.6 Å². The lowest BCUT2D eigenvalue weighted by atomic mass is 10.2. The zero-order valence-corrected chi connectivity index (χ0v) is 14.3. The summed E-state index contributed by atoms with van der Waals surface area (Å²) in [5.41, 5.74) is 1.52. The molecule has 2 aromatic rings. The SMILES string of the molecule is COc1ccc(Cl)cc1-n1nnc(C(=O)NCC2CCCO2)c1C. The summed E-state index contributed by atoms with van der Waals surface area (Å²) >= 11 is 6.06. The summed E-state index contributed by atoms with van der Waals surface area (Å²) in [5.74, 6) is 0.328. The third-order valence-corrected chi connectivity index (χ3v) is 4.23. The number of halogens is 1. The maximum absolute atomic E-state index is 12.3. The number of hydrogen-bond donors (Lipinski definition) is 1. The number of aromatic nitrogens is 3. The monoisotopic (exact) mass is 350 g/mol. The van der Waals surface area contributed by atoms with E-state index in [9.17, 15) is 4.79 Å². The fourth-order valence-corrected chi connectivity index (χ4v) is 2.86. The van der Waals surface area contributed by atoms with Crippen molar-refractivity contribution in [2.45, 2.75) is 25.9 Å². The van der Waals surface area contributed by atoms with Crippen molar-refractivity contribution >= 4 is 17.5 Å². The molecule has 1 aromatic carbocycles. The van der Waals surface area contributed by atoms with Gasteiger partial charge in [0.15, 0.2) is 5.69 Å². The zero-order valence-electron chi connectivity index (χ0n) is 13.6. The number of benzene rings is 1. The molecule has 0 radical (unpaired) electrons. The van der Waals surface area contributed by atoms with Crippen LogP contribution in [0.2, 0.25) is 5.02 Å². The molecule has 128 valence electrons. The number of hydrogen-bond acceptors (Lipinski definition) is 5. The van der Waals surface area contributed by atoms with Crippen LogP contribution < -0.4 is 10.1 Å². The predicted molar refractivity (Wildman–Crippen MR) is 89.0 cm³/mol. The third kappa shape index (κ3) is 3.37. The van der Waals surface area contributed by atoms with Crippen LogP contribution in [0.4, 0.5) is 0 Å². The minimum Gasteiger partial charge on any atom is -0.494 e. The van der Waals surface area contributed by atoms with Crippen molar-refractivity contribution in [2.75, 3.05) is 20.3 Å². The molecule has 1 aliphatic heterocycles. The van der Waals surface area contributed by atoms with Gasteiger partial charge in [-0.05, 0) is 38.0 Å². The quantitative estimate of drug-likeness (QED) is 0.893. The lowest BCUT2D eigenvalue weighted by Crippen LogP contribution is -2.32. The van der Waals surface area contributed by atoms with Gasteiger partial charge < -0.3 is 14.8 Å². The van der Waals surface area contributed by atoms with Crippen LogP contribution in [0.1, 0.15) is 29.0 Å². The second kappa shape index (κ2) is 7.19. The average Bonchev–Trinajstić information content (AvgIpc) is 3.22. The highest BCUT2D eigenvalue weighted by molar-refractivity contribution is 6.30. The molecule has 1 aromatic heterocycles. The molecule has 24 heavy (non-hydrogen) atoms. The Morgan fingerprint density at radius 3 is 3.08 bits per heavy atom. The van der Waals surface area contributed by atoms with Gasteiger partial charge in [-0.1, -0.05) is 16.8 Å². The van der Waals surface area contributed by atoms with Gasteiger partial charge >= 0.3 is 0 Å². The molecule has 0 saturated carbocycles. The predicted octanol–water partition coefficient (Wildman–Crippen LogP) is 2.15. The topological polar surface area (TPSA) is 78.3 Å². The smallest absolute Gasteiger partial charge is 0.273 e. The Morgan fingerprint density at radius 2 is 2.38 bits per heavy atom. The third-order valence-electron chi connectivity index (χ3n) is 3.99. The highest BCUT2D eigenvalue weighted by atomic mass is 35.5. The Bertz CT molecular complexity index is 741. The van der Waals surface area contributed by atoms with Crippen molar-refractivity contribution in [3.63, 3.8) is 0 Å². The summed E-state index contributed by atoms with van der Waals surface area (Å²) in [5, 5.41) is 11.5. The lowest BCUT2D eigenvalue weighted by molar-refractivity contribution is 0.0853. The molecule has 1 saturated heterocycles. The van der Waals surface area contributed by atoms with Gasteiger partial charge in [0, 0.05) is 18.2 Å². The van der Waals surface area contributed by atoms with E-state index < -0.39 is 0 Å². The average molecular weight is 351 g/mol. The zero-order chi connectivity index (χ0) is 17.1. The first-order chi connectivity index (χ1) is 11.6. The lowest BCUT2D eigenvalue weighted by Gasteiger charge is -2.11. The molecule has 7 nitrogen and oxygen atoms in total. The van der Waals surface area contributed by atoms with Gasteiger partial charge in [-0.3, -0.25) is 4.79 Å². The van der Waals surface area contributed by atoms with E-state index in [1.54, 1.807) is 36.9 Å². The minimum atomic E-state index is -0.268. The Kier molecular flexibility index (Phi) is 5.01. The first-order valence-electron chi connectivity index (χ1n) is 7.76. The molecule has 0 bridgehead atoms. The minimum absolute atomic E-state index is 0.0809. The number of ether oxygens (including phenoxy) is 2. The van der Waals surface area contributed by atoms with Gasteiger partial charge in [0.2, 0.25) is 0 Å². The first-order valence-corrected chi connectivity index (χ1v) is 8.14. The maximum Gasteiger partial charge on any atom is 0.273 e. The molecule has 1 unspecified atom stereocenters. The van der Waals surface area contributed by atoms with Gasteiger partial charge in [0.05, 0.1) is 18.9 Å². The fraction of sp³-hybridized carbons (Fsp3) is 0.438. The molecule has 3 rings (SSSR count). The Balaban J connectivity index is 1.80. The van der Waals surface area contributed by atoms with E-state index in [1.165, 1.54) is 0 Å². The number of nitrogens with one attached hydrogen (secondary N) is 1. The van der Waals surface area contributed by atoms with E-state index in [0.717, 1.165) is 19.4 Å². The van der Waals surface area contributed by atoms with Gasteiger partial charge in [-0.2, -0.15) is 0 Å². The molecule has 1 amide bonds. The van der Waals surface area contributed by atoms with Gasteiger partial charge in [-0.25, -0.2) is 4.68 Å². The van der Waals surface area contributed by atoms with Crippen molar-refractivity contribution < 1.29 is 14.3 Å². The summed E-state index contributed by atoms with van der Waals surface area (Å²) < 4.78 is 12.4. The van der Waals surface area contributed by atoms with Crippen LogP contribution in [0, 0.1) is 6.92 Å². The van der Waals surface area contributed by atoms with Crippen LogP contribution in [0.5, 0.6) is 5.75 Å². The fourth-order valence-electron chi connectivity index (χ4n) is 2.69. The van der Waals surface area contributed by atoms with Gasteiger partial charge in [-0.15, -0.1) is 5.10 Å². The van der Waals surface area contributed by atoms with E-state index in [4.69, 9.17) is 21.1 Å². The molecule has 1 aliphatic rings. The van der Waals surface area contributed by atoms with Gasteiger partial charge in [0.1, 0.15) is 11.4 Å². The van der Waals surface area contributed by atoms with Crippen LogP contribution in [-0.2, 0) is 4.74 Å². The molecular weight excluding hydrogens is 332 g/mol. The first kappa shape index (κ1) is 16.7. The van der Waals surface area contributed by atoms with E-state index in [1.807, 2.05) is 0 Å². The molecule has 1 N–H and O–H groups in total. The van der Waals surface area contributed by atoms with Crippen molar-refractivity contribution in [3.8, 4) is 11.4 Å². The molecule has 0 aliphatic carbocycles. The number of rotatable bonds is 5. The molecule has 0 spiro atoms. The highest BCUT2D eigenvalue weighted by Gasteiger charge is 2.21. The summed E-state index contributed by atoms with van der Waals surface area (Å²) in [4.78, 5) is 12.3. The van der Waals surface area contributed by atoms with Crippen molar-refractivity contribution in [1.29, 1.82) is 0 Å². The number of carbonyl (C=O) groups is 1.